The zero-order valence-corrected chi connectivity index (χ0v) is 16.1. The quantitative estimate of drug-likeness (QED) is 0.354. The lowest BCUT2D eigenvalue weighted by Crippen LogP contribution is -2.10. The Morgan fingerprint density at radius 3 is 2.86 bits per heavy atom. The SMILES string of the molecule is Cc1c(OC(=O)CCc2cc(Cl)no2)ccc2c1O/C(=C\c1ccccn1)C2=O. The maximum absolute atomic E-state index is 12.6. The van der Waals surface area contributed by atoms with Gasteiger partial charge in [-0.05, 0) is 31.2 Å². The Labute approximate surface area is 170 Å². The highest BCUT2D eigenvalue weighted by Crippen LogP contribution is 2.39. The number of aryl methyl sites for hydroxylation is 1. The Balaban J connectivity index is 1.48. The number of esters is 1. The van der Waals surface area contributed by atoms with Gasteiger partial charge in [-0.1, -0.05) is 22.8 Å². The number of rotatable bonds is 5. The van der Waals surface area contributed by atoms with E-state index in [1.165, 1.54) is 0 Å². The molecular weight excluding hydrogens is 396 g/mol. The first kappa shape index (κ1) is 18.9. The number of fused-ring (bicyclic) bond motifs is 1. The molecule has 1 aromatic carbocycles. The molecule has 0 saturated carbocycles. The minimum atomic E-state index is -0.450. The highest BCUT2D eigenvalue weighted by atomic mass is 35.5. The molecule has 0 aliphatic carbocycles. The predicted molar refractivity (Wildman–Crippen MR) is 104 cm³/mol. The van der Waals surface area contributed by atoms with Gasteiger partial charge in [0.25, 0.3) is 0 Å². The molecule has 3 aromatic rings. The van der Waals surface area contributed by atoms with E-state index >= 15 is 0 Å². The third-order valence-electron chi connectivity index (χ3n) is 4.33. The number of nitrogens with zero attached hydrogens (tertiary/aromatic N) is 2. The standard InChI is InChI=1S/C21H15ClN2O5/c1-12-16(27-19(25)8-5-14-11-18(22)24-29-14)7-6-15-20(26)17(28-21(12)15)10-13-4-2-3-9-23-13/h2-4,6-7,9-11H,5,8H2,1H3/b17-10-. The van der Waals surface area contributed by atoms with Crippen LogP contribution in [0.2, 0.25) is 5.15 Å². The number of carbonyl (C=O) groups excluding carboxylic acids is 2. The monoisotopic (exact) mass is 410 g/mol. The van der Waals surface area contributed by atoms with Crippen LogP contribution in [0.1, 0.15) is 33.8 Å². The highest BCUT2D eigenvalue weighted by Gasteiger charge is 2.30. The van der Waals surface area contributed by atoms with E-state index in [1.807, 2.05) is 6.07 Å². The molecule has 0 amide bonds. The number of aromatic nitrogens is 2. The van der Waals surface area contributed by atoms with E-state index < -0.39 is 5.97 Å². The van der Waals surface area contributed by atoms with Gasteiger partial charge in [0.15, 0.2) is 10.9 Å². The molecule has 4 rings (SSSR count). The lowest BCUT2D eigenvalue weighted by molar-refractivity contribution is -0.134. The first-order valence-electron chi connectivity index (χ1n) is 8.82. The largest absolute Gasteiger partial charge is 0.452 e. The Morgan fingerprint density at radius 2 is 2.14 bits per heavy atom. The van der Waals surface area contributed by atoms with Crippen LogP contribution in [0.5, 0.6) is 11.5 Å². The molecule has 7 nitrogen and oxygen atoms in total. The fourth-order valence-electron chi connectivity index (χ4n) is 2.88. The summed E-state index contributed by atoms with van der Waals surface area (Å²) in [6.45, 7) is 1.73. The van der Waals surface area contributed by atoms with Crippen molar-refractivity contribution in [2.75, 3.05) is 0 Å². The molecule has 1 aliphatic heterocycles. The van der Waals surface area contributed by atoms with Gasteiger partial charge >= 0.3 is 5.97 Å². The molecule has 29 heavy (non-hydrogen) atoms. The van der Waals surface area contributed by atoms with E-state index in [1.54, 1.807) is 49.5 Å². The Bertz CT molecular complexity index is 1120. The molecule has 0 N–H and O–H groups in total. The zero-order valence-electron chi connectivity index (χ0n) is 15.3. The van der Waals surface area contributed by atoms with E-state index in [4.69, 9.17) is 25.6 Å². The van der Waals surface area contributed by atoms with Gasteiger partial charge in [-0.2, -0.15) is 0 Å². The van der Waals surface area contributed by atoms with Crippen molar-refractivity contribution in [3.63, 3.8) is 0 Å². The van der Waals surface area contributed by atoms with Crippen LogP contribution in [-0.2, 0) is 11.2 Å². The second kappa shape index (κ2) is 7.89. The van der Waals surface area contributed by atoms with Crippen molar-refractivity contribution in [3.8, 4) is 11.5 Å². The maximum atomic E-state index is 12.6. The van der Waals surface area contributed by atoms with Crippen LogP contribution in [-0.4, -0.2) is 21.9 Å². The molecular formula is C21H15ClN2O5. The summed E-state index contributed by atoms with van der Waals surface area (Å²) in [5, 5.41) is 3.79. The summed E-state index contributed by atoms with van der Waals surface area (Å²) in [5.41, 5.74) is 1.59. The number of hydrogen-bond donors (Lipinski definition) is 0. The topological polar surface area (TPSA) is 91.5 Å². The van der Waals surface area contributed by atoms with Crippen LogP contribution in [0.4, 0.5) is 0 Å². The molecule has 8 heteroatoms. The summed E-state index contributed by atoms with van der Waals surface area (Å²) in [6, 6.07) is 10.1. The van der Waals surface area contributed by atoms with E-state index in [0.717, 1.165) is 0 Å². The predicted octanol–water partition coefficient (Wildman–Crippen LogP) is 4.19. The number of carbonyl (C=O) groups is 2. The lowest BCUT2D eigenvalue weighted by atomic mass is 10.1. The molecule has 0 spiro atoms. The number of ether oxygens (including phenoxy) is 2. The summed E-state index contributed by atoms with van der Waals surface area (Å²) >= 11 is 5.68. The minimum absolute atomic E-state index is 0.0899. The second-order valence-electron chi connectivity index (χ2n) is 6.35. The Kier molecular flexibility index (Phi) is 5.14. The number of allylic oxidation sites excluding steroid dienone is 1. The lowest BCUT2D eigenvalue weighted by Gasteiger charge is -2.09. The van der Waals surface area contributed by atoms with Gasteiger partial charge in [-0.15, -0.1) is 0 Å². The number of pyridine rings is 1. The number of Topliss-reactive ketones (excluding diaryl/α,β-unsaturated/α-hetero) is 1. The van der Waals surface area contributed by atoms with Crippen LogP contribution < -0.4 is 9.47 Å². The molecule has 146 valence electrons. The summed E-state index contributed by atoms with van der Waals surface area (Å²) in [5.74, 6) is 0.687. The number of halogens is 1. The minimum Gasteiger partial charge on any atom is -0.452 e. The van der Waals surface area contributed by atoms with Crippen molar-refractivity contribution in [2.45, 2.75) is 19.8 Å². The molecule has 3 heterocycles. The summed E-state index contributed by atoms with van der Waals surface area (Å²) in [4.78, 5) is 28.9. The van der Waals surface area contributed by atoms with Gasteiger partial charge in [-0.25, -0.2) is 0 Å². The second-order valence-corrected chi connectivity index (χ2v) is 6.74. The first-order valence-corrected chi connectivity index (χ1v) is 9.19. The van der Waals surface area contributed by atoms with Gasteiger partial charge in [-0.3, -0.25) is 14.6 Å². The van der Waals surface area contributed by atoms with Crippen LogP contribution in [0, 0.1) is 6.92 Å². The Hall–Kier alpha value is -3.45. The number of benzene rings is 1. The summed E-state index contributed by atoms with van der Waals surface area (Å²) in [6.07, 6.45) is 3.62. The molecule has 0 saturated heterocycles. The van der Waals surface area contributed by atoms with Crippen molar-refractivity contribution in [1.29, 1.82) is 0 Å². The molecule has 1 aliphatic rings. The number of hydrogen-bond acceptors (Lipinski definition) is 7. The molecule has 0 unspecified atom stereocenters. The smallest absolute Gasteiger partial charge is 0.311 e. The summed E-state index contributed by atoms with van der Waals surface area (Å²) < 4.78 is 16.1. The molecule has 0 atom stereocenters. The van der Waals surface area contributed by atoms with Gasteiger partial charge in [0, 0.05) is 30.3 Å². The van der Waals surface area contributed by atoms with Crippen molar-refractivity contribution in [1.82, 2.24) is 10.1 Å². The molecule has 0 fully saturated rings. The molecule has 0 bridgehead atoms. The average molecular weight is 411 g/mol. The van der Waals surface area contributed by atoms with E-state index in [2.05, 4.69) is 10.1 Å². The zero-order chi connectivity index (χ0) is 20.4. The normalized spacial score (nSPS) is 14.0. The van der Waals surface area contributed by atoms with Gasteiger partial charge in [0.2, 0.25) is 5.78 Å². The van der Waals surface area contributed by atoms with Gasteiger partial charge in [0.05, 0.1) is 17.7 Å². The van der Waals surface area contributed by atoms with Crippen LogP contribution >= 0.6 is 11.6 Å². The van der Waals surface area contributed by atoms with Crippen LogP contribution in [0.15, 0.2) is 52.9 Å². The van der Waals surface area contributed by atoms with Crippen molar-refractivity contribution in [2.24, 2.45) is 0 Å². The highest BCUT2D eigenvalue weighted by molar-refractivity contribution is 6.29. The third kappa shape index (κ3) is 4.05. The van der Waals surface area contributed by atoms with E-state index in [0.29, 0.717) is 40.5 Å². The van der Waals surface area contributed by atoms with Crippen molar-refractivity contribution >= 4 is 29.4 Å². The van der Waals surface area contributed by atoms with Crippen molar-refractivity contribution < 1.29 is 23.6 Å². The molecule has 2 aromatic heterocycles. The van der Waals surface area contributed by atoms with Gasteiger partial charge < -0.3 is 14.0 Å². The van der Waals surface area contributed by atoms with Gasteiger partial charge in [0.1, 0.15) is 17.3 Å². The summed E-state index contributed by atoms with van der Waals surface area (Å²) in [7, 11) is 0. The first-order chi connectivity index (χ1) is 14.0. The fourth-order valence-corrected chi connectivity index (χ4v) is 3.03. The Morgan fingerprint density at radius 1 is 1.28 bits per heavy atom. The van der Waals surface area contributed by atoms with Crippen LogP contribution in [0.25, 0.3) is 6.08 Å². The van der Waals surface area contributed by atoms with E-state index in [9.17, 15) is 9.59 Å². The number of ketones is 1. The third-order valence-corrected chi connectivity index (χ3v) is 4.51. The van der Waals surface area contributed by atoms with Crippen molar-refractivity contribution in [3.05, 3.63) is 76.1 Å². The van der Waals surface area contributed by atoms with E-state index in [-0.39, 0.29) is 23.1 Å². The average Bonchev–Trinajstić information content (AvgIpc) is 3.27. The fraction of sp³-hybridized carbons (Fsp3) is 0.143. The van der Waals surface area contributed by atoms with Crippen LogP contribution in [0.3, 0.4) is 0 Å². The molecule has 0 radical (unpaired) electrons. The maximum Gasteiger partial charge on any atom is 0.311 e.